The van der Waals surface area contributed by atoms with Crippen molar-refractivity contribution in [1.82, 2.24) is 14.3 Å². The highest BCUT2D eigenvalue weighted by Crippen LogP contribution is 2.65. The van der Waals surface area contributed by atoms with Crippen LogP contribution in [0.3, 0.4) is 0 Å². The normalized spacial score (nSPS) is 21.1. The van der Waals surface area contributed by atoms with Crippen LogP contribution in [0.15, 0.2) is 90.1 Å². The average Bonchev–Trinajstić information content (AvgIpc) is 3.31. The summed E-state index contributed by atoms with van der Waals surface area (Å²) in [5.74, 6) is 0.839. The molecule has 0 radical (unpaired) electrons. The molecule has 0 bridgehead atoms. The molecule has 1 fully saturated rings. The van der Waals surface area contributed by atoms with Crippen LogP contribution in [0.4, 0.5) is 10.1 Å². The number of hydrogen-bond acceptors (Lipinski definition) is 4. The second-order valence-corrected chi connectivity index (χ2v) is 12.5. The standard InChI is InChI=1S/C33H35FN4OS/c1-33(2)30(23-8-5-4-6-9-23)31(33)32(39)38(21-29-35-18-19-37(29)3)25-15-12-22-10-7-11-28(27(22)20-25)36-40-26-16-13-24(34)14-17-26/h4-6,8-9,12-20,28,30-31,36H,7,10-11,21H2,1-3H3/t28-,30+,31-/m1/s1. The molecule has 6 rings (SSSR count). The third kappa shape index (κ3) is 5.20. The number of carbonyl (C=O) groups is 1. The van der Waals surface area contributed by atoms with E-state index < -0.39 is 0 Å². The van der Waals surface area contributed by atoms with Crippen LogP contribution >= 0.6 is 11.9 Å². The van der Waals surface area contributed by atoms with Crippen molar-refractivity contribution < 1.29 is 9.18 Å². The SMILES string of the molecule is Cn1ccnc1CN(C(=O)[C@H]1[C@H](c2ccccc2)C1(C)C)c1ccc2c(c1)[C@H](NSc1ccc(F)cc1)CCC2. The van der Waals surface area contributed by atoms with Gasteiger partial charge in [0.25, 0.3) is 0 Å². The maximum atomic E-state index is 14.4. The van der Waals surface area contributed by atoms with E-state index in [1.807, 2.05) is 28.8 Å². The summed E-state index contributed by atoms with van der Waals surface area (Å²) < 4.78 is 19.0. The van der Waals surface area contributed by atoms with Crippen LogP contribution < -0.4 is 9.62 Å². The number of aryl methyl sites for hydroxylation is 2. The van der Waals surface area contributed by atoms with Crippen molar-refractivity contribution >= 4 is 23.5 Å². The zero-order chi connectivity index (χ0) is 27.9. The van der Waals surface area contributed by atoms with E-state index in [-0.39, 0.29) is 35.0 Å². The van der Waals surface area contributed by atoms with Crippen LogP contribution in [0.2, 0.25) is 0 Å². The summed E-state index contributed by atoms with van der Waals surface area (Å²) in [5, 5.41) is 0. The quantitative estimate of drug-likeness (QED) is 0.234. The van der Waals surface area contributed by atoms with E-state index in [2.05, 4.69) is 66.0 Å². The van der Waals surface area contributed by atoms with E-state index in [1.165, 1.54) is 40.8 Å². The Hall–Kier alpha value is -3.42. The molecule has 206 valence electrons. The molecule has 1 amide bonds. The number of imidazole rings is 1. The van der Waals surface area contributed by atoms with Crippen LogP contribution in [0.5, 0.6) is 0 Å². The second kappa shape index (κ2) is 10.9. The molecule has 0 unspecified atom stereocenters. The van der Waals surface area contributed by atoms with E-state index in [9.17, 15) is 9.18 Å². The van der Waals surface area contributed by atoms with Gasteiger partial charge in [0, 0.05) is 42.0 Å². The Morgan fingerprint density at radius 2 is 1.90 bits per heavy atom. The van der Waals surface area contributed by atoms with E-state index in [0.29, 0.717) is 6.54 Å². The number of halogens is 1. The molecule has 0 saturated heterocycles. The smallest absolute Gasteiger partial charge is 0.231 e. The fourth-order valence-electron chi connectivity index (χ4n) is 6.25. The molecule has 4 aromatic rings. The van der Waals surface area contributed by atoms with Crippen LogP contribution in [0.25, 0.3) is 0 Å². The lowest BCUT2D eigenvalue weighted by molar-refractivity contribution is -0.120. The van der Waals surface area contributed by atoms with Crippen molar-refractivity contribution in [2.24, 2.45) is 18.4 Å². The molecular formula is C33H35FN4OS. The van der Waals surface area contributed by atoms with Crippen LogP contribution in [-0.4, -0.2) is 15.5 Å². The number of fused-ring (bicyclic) bond motifs is 1. The van der Waals surface area contributed by atoms with Crippen LogP contribution in [-0.2, 0) is 24.8 Å². The molecule has 2 aliphatic rings. The molecule has 40 heavy (non-hydrogen) atoms. The Morgan fingerprint density at radius 1 is 1.12 bits per heavy atom. The second-order valence-electron chi connectivity index (χ2n) is 11.6. The molecule has 2 aliphatic carbocycles. The van der Waals surface area contributed by atoms with Crippen molar-refractivity contribution in [3.63, 3.8) is 0 Å². The summed E-state index contributed by atoms with van der Waals surface area (Å²) in [5.41, 5.74) is 4.54. The Bertz CT molecular complexity index is 1500. The largest absolute Gasteiger partial charge is 0.337 e. The number of anilines is 1. The van der Waals surface area contributed by atoms with Gasteiger partial charge in [-0.2, -0.15) is 0 Å². The van der Waals surface area contributed by atoms with E-state index in [0.717, 1.165) is 35.7 Å². The first-order valence-corrected chi connectivity index (χ1v) is 14.8. The van der Waals surface area contributed by atoms with Crippen molar-refractivity contribution in [3.8, 4) is 0 Å². The Morgan fingerprint density at radius 3 is 2.62 bits per heavy atom. The number of benzene rings is 3. The minimum Gasteiger partial charge on any atom is -0.337 e. The monoisotopic (exact) mass is 554 g/mol. The maximum absolute atomic E-state index is 14.4. The van der Waals surface area contributed by atoms with Gasteiger partial charge in [-0.1, -0.05) is 50.2 Å². The molecule has 0 aliphatic heterocycles. The Labute approximate surface area is 240 Å². The van der Waals surface area contributed by atoms with Crippen molar-refractivity contribution in [2.75, 3.05) is 4.90 Å². The van der Waals surface area contributed by atoms with E-state index >= 15 is 0 Å². The van der Waals surface area contributed by atoms with Gasteiger partial charge in [-0.25, -0.2) is 9.37 Å². The molecule has 1 heterocycles. The molecule has 3 atom stereocenters. The number of hydrogen-bond donors (Lipinski definition) is 1. The van der Waals surface area contributed by atoms with Gasteiger partial charge in [0.1, 0.15) is 11.6 Å². The van der Waals surface area contributed by atoms with E-state index in [4.69, 9.17) is 0 Å². The van der Waals surface area contributed by atoms with Gasteiger partial charge in [-0.05, 0) is 89.7 Å². The Kier molecular flexibility index (Phi) is 7.27. The predicted molar refractivity (Wildman–Crippen MR) is 158 cm³/mol. The first-order chi connectivity index (χ1) is 19.3. The highest BCUT2D eigenvalue weighted by atomic mass is 32.2. The molecule has 5 nitrogen and oxygen atoms in total. The third-order valence-corrected chi connectivity index (χ3v) is 9.54. The highest BCUT2D eigenvalue weighted by Gasteiger charge is 2.63. The maximum Gasteiger partial charge on any atom is 0.231 e. The summed E-state index contributed by atoms with van der Waals surface area (Å²) in [4.78, 5) is 21.8. The zero-order valence-corrected chi connectivity index (χ0v) is 24.0. The molecular weight excluding hydrogens is 519 g/mol. The lowest BCUT2D eigenvalue weighted by Crippen LogP contribution is -2.34. The number of amides is 1. The molecule has 1 saturated carbocycles. The molecule has 1 aromatic heterocycles. The van der Waals surface area contributed by atoms with Gasteiger partial charge >= 0.3 is 0 Å². The predicted octanol–water partition coefficient (Wildman–Crippen LogP) is 7.21. The van der Waals surface area contributed by atoms with Gasteiger partial charge in [-0.15, -0.1) is 0 Å². The van der Waals surface area contributed by atoms with Crippen LogP contribution in [0.1, 0.15) is 61.2 Å². The Balaban J connectivity index is 1.31. The third-order valence-electron chi connectivity index (χ3n) is 8.63. The first kappa shape index (κ1) is 26.8. The molecule has 1 N–H and O–H groups in total. The molecule has 3 aromatic carbocycles. The minimum absolute atomic E-state index is 0.103. The first-order valence-electron chi connectivity index (χ1n) is 14.0. The summed E-state index contributed by atoms with van der Waals surface area (Å²) in [6, 6.07) is 23.6. The topological polar surface area (TPSA) is 50.2 Å². The number of nitrogens with one attached hydrogen (secondary N) is 1. The van der Waals surface area contributed by atoms with Gasteiger partial charge in [0.15, 0.2) is 0 Å². The van der Waals surface area contributed by atoms with E-state index in [1.54, 1.807) is 18.3 Å². The summed E-state index contributed by atoms with van der Waals surface area (Å²) in [6.07, 6.45) is 6.83. The van der Waals surface area contributed by atoms with Crippen molar-refractivity contribution in [3.05, 3.63) is 114 Å². The molecule has 0 spiro atoms. The minimum atomic E-state index is -0.234. The van der Waals surface area contributed by atoms with Crippen molar-refractivity contribution in [1.29, 1.82) is 0 Å². The van der Waals surface area contributed by atoms with Crippen molar-refractivity contribution in [2.45, 2.75) is 56.5 Å². The number of carbonyl (C=O) groups excluding carboxylic acids is 1. The van der Waals surface area contributed by atoms with Crippen LogP contribution in [0, 0.1) is 17.2 Å². The lowest BCUT2D eigenvalue weighted by atomic mass is 9.87. The fraction of sp³-hybridized carbons (Fsp3) is 0.333. The summed E-state index contributed by atoms with van der Waals surface area (Å²) in [6.45, 7) is 4.81. The lowest BCUT2D eigenvalue weighted by Gasteiger charge is -2.29. The average molecular weight is 555 g/mol. The summed E-state index contributed by atoms with van der Waals surface area (Å²) in [7, 11) is 1.97. The number of rotatable bonds is 8. The molecule has 7 heteroatoms. The number of nitrogens with zero attached hydrogens (tertiary/aromatic N) is 3. The van der Waals surface area contributed by atoms with Gasteiger partial charge < -0.3 is 9.47 Å². The van der Waals surface area contributed by atoms with Gasteiger partial charge in [0.2, 0.25) is 5.91 Å². The summed E-state index contributed by atoms with van der Waals surface area (Å²) >= 11 is 1.53. The fourth-order valence-corrected chi connectivity index (χ4v) is 7.05. The zero-order valence-electron chi connectivity index (χ0n) is 23.2. The van der Waals surface area contributed by atoms with Gasteiger partial charge in [0.05, 0.1) is 12.5 Å². The highest BCUT2D eigenvalue weighted by molar-refractivity contribution is 7.97. The van der Waals surface area contributed by atoms with Gasteiger partial charge in [-0.3, -0.25) is 9.52 Å². The number of aromatic nitrogens is 2.